The van der Waals surface area contributed by atoms with Gasteiger partial charge in [0.05, 0.1) is 30.0 Å². The molecule has 10 nitrogen and oxygen atoms in total. The number of fused-ring (bicyclic) bond motifs is 1. The topological polar surface area (TPSA) is 135 Å². The molecule has 0 bridgehead atoms. The van der Waals surface area contributed by atoms with Crippen LogP contribution in [0.2, 0.25) is 0 Å². The Kier molecular flexibility index (Phi) is 6.51. The van der Waals surface area contributed by atoms with Crippen LogP contribution in [0.4, 0.5) is 5.82 Å². The van der Waals surface area contributed by atoms with Gasteiger partial charge in [-0.25, -0.2) is 4.98 Å². The average molecular weight is 517 g/mol. The first kappa shape index (κ1) is 24.8. The Morgan fingerprint density at radius 3 is 2.63 bits per heavy atom. The minimum absolute atomic E-state index is 0.0548. The van der Waals surface area contributed by atoms with Crippen LogP contribution >= 0.6 is 0 Å². The number of amides is 1. The largest absolute Gasteiger partial charge is 0.507 e. The highest BCUT2D eigenvalue weighted by Crippen LogP contribution is 2.55. The number of carbonyl (C=O) groups excluding carboxylic acids is 1. The molecule has 0 radical (unpaired) electrons. The molecule has 1 saturated heterocycles. The molecule has 198 valence electrons. The smallest absolute Gasteiger partial charge is 0.255 e. The summed E-state index contributed by atoms with van der Waals surface area (Å²) in [6.07, 6.45) is 7.39. The number of nitrogens with one attached hydrogen (secondary N) is 1. The van der Waals surface area contributed by atoms with Gasteiger partial charge in [0.25, 0.3) is 5.91 Å². The number of rotatable bonds is 6. The second-order valence-electron chi connectivity index (χ2n) is 10.9. The Morgan fingerprint density at radius 2 is 1.97 bits per heavy atom. The monoisotopic (exact) mass is 516 g/mol. The number of hydrogen-bond acceptors (Lipinski definition) is 9. The first-order valence-corrected chi connectivity index (χ1v) is 13.3. The fraction of sp³-hybridized carbons (Fsp3) is 0.500. The number of aliphatic hydroxyl groups excluding tert-OH is 2. The highest BCUT2D eigenvalue weighted by atomic mass is 16.5. The van der Waals surface area contributed by atoms with Crippen LogP contribution in [0.5, 0.6) is 0 Å². The maximum Gasteiger partial charge on any atom is 0.255 e. The van der Waals surface area contributed by atoms with Gasteiger partial charge in [-0.1, -0.05) is 6.42 Å². The molecular formula is C28H32N6O4. The molecule has 4 heterocycles. The van der Waals surface area contributed by atoms with E-state index in [2.05, 4.69) is 26.3 Å². The van der Waals surface area contributed by atoms with Crippen molar-refractivity contribution in [3.63, 3.8) is 0 Å². The van der Waals surface area contributed by atoms with Crippen LogP contribution in [0.15, 0.2) is 36.2 Å². The summed E-state index contributed by atoms with van der Waals surface area (Å²) in [5, 5.41) is 34.8. The summed E-state index contributed by atoms with van der Waals surface area (Å²) in [7, 11) is 0. The number of nitriles is 1. The molecule has 3 N–H and O–H groups in total. The Balaban J connectivity index is 1.30. The van der Waals surface area contributed by atoms with Crippen molar-refractivity contribution in [3.05, 3.63) is 47.3 Å². The van der Waals surface area contributed by atoms with E-state index in [4.69, 9.17) is 10.00 Å². The predicted molar refractivity (Wildman–Crippen MR) is 140 cm³/mol. The summed E-state index contributed by atoms with van der Waals surface area (Å²) < 4.78 is 5.45. The predicted octanol–water partition coefficient (Wildman–Crippen LogP) is 2.20. The van der Waals surface area contributed by atoms with E-state index in [1.165, 1.54) is 25.5 Å². The molecule has 2 aromatic heterocycles. The number of nitrogens with zero attached hydrogens (tertiary/aromatic N) is 5. The zero-order valence-electron chi connectivity index (χ0n) is 21.3. The van der Waals surface area contributed by atoms with Crippen molar-refractivity contribution in [3.8, 4) is 17.3 Å². The van der Waals surface area contributed by atoms with Gasteiger partial charge >= 0.3 is 0 Å². The summed E-state index contributed by atoms with van der Waals surface area (Å²) in [5.41, 5.74) is 2.37. The lowest BCUT2D eigenvalue weighted by atomic mass is 9.54. The quantitative estimate of drug-likeness (QED) is 0.528. The lowest BCUT2D eigenvalue weighted by molar-refractivity contribution is -0.121. The van der Waals surface area contributed by atoms with Crippen molar-refractivity contribution in [2.45, 2.75) is 44.4 Å². The fourth-order valence-electron chi connectivity index (χ4n) is 6.13. The van der Waals surface area contributed by atoms with Crippen LogP contribution in [0.3, 0.4) is 0 Å². The van der Waals surface area contributed by atoms with Crippen molar-refractivity contribution in [1.82, 2.24) is 20.2 Å². The Labute approximate surface area is 221 Å². The highest BCUT2D eigenvalue weighted by molar-refractivity contribution is 6.03. The molecule has 1 atom stereocenters. The third-order valence-electron chi connectivity index (χ3n) is 8.50. The maximum atomic E-state index is 13.4. The lowest BCUT2D eigenvalue weighted by Crippen LogP contribution is -2.55. The van der Waals surface area contributed by atoms with Gasteiger partial charge in [0.2, 0.25) is 0 Å². The zero-order chi connectivity index (χ0) is 26.3. The first-order valence-electron chi connectivity index (χ1n) is 13.3. The van der Waals surface area contributed by atoms with E-state index >= 15 is 0 Å². The standard InChI is InChI=1S/C28H32N6O4/c29-15-18-2-3-22(30-16-18)19-12-21-24(35)23(26(36)32-20-13-28(14-20)4-1-5-28)27(37)34(25(21)31-17-19)7-6-33-8-10-38-11-9-33/h2-3,12,16-17,20,27,35,37H,1,4-11,13-14H2,(H,32,36). The van der Waals surface area contributed by atoms with Crippen molar-refractivity contribution in [2.75, 3.05) is 44.3 Å². The summed E-state index contributed by atoms with van der Waals surface area (Å²) in [5.74, 6) is -0.305. The number of ether oxygens (including phenoxy) is 1. The molecular weight excluding hydrogens is 484 g/mol. The van der Waals surface area contributed by atoms with E-state index in [0.717, 1.165) is 25.9 Å². The number of morpholine rings is 1. The minimum atomic E-state index is -1.33. The van der Waals surface area contributed by atoms with Gasteiger partial charge in [0.1, 0.15) is 23.2 Å². The Morgan fingerprint density at radius 1 is 1.18 bits per heavy atom. The van der Waals surface area contributed by atoms with Gasteiger partial charge in [-0.05, 0) is 49.3 Å². The highest BCUT2D eigenvalue weighted by Gasteiger charge is 2.49. The normalized spacial score (nSPS) is 22.8. The Bertz CT molecular complexity index is 1290. The number of pyridine rings is 2. The van der Waals surface area contributed by atoms with E-state index in [9.17, 15) is 15.0 Å². The third-order valence-corrected chi connectivity index (χ3v) is 8.50. The molecule has 0 aromatic carbocycles. The summed E-state index contributed by atoms with van der Waals surface area (Å²) >= 11 is 0. The first-order chi connectivity index (χ1) is 18.5. The lowest BCUT2D eigenvalue weighted by Gasteiger charge is -2.54. The number of aromatic nitrogens is 2. The van der Waals surface area contributed by atoms with Crippen LogP contribution < -0.4 is 10.2 Å². The summed E-state index contributed by atoms with van der Waals surface area (Å²) in [6.45, 7) is 4.00. The van der Waals surface area contributed by atoms with Crippen molar-refractivity contribution >= 4 is 17.5 Å². The molecule has 6 rings (SSSR count). The van der Waals surface area contributed by atoms with Crippen molar-refractivity contribution < 1.29 is 19.7 Å². The van der Waals surface area contributed by atoms with E-state index in [-0.39, 0.29) is 17.4 Å². The van der Waals surface area contributed by atoms with Crippen LogP contribution in [-0.2, 0) is 9.53 Å². The number of anilines is 1. The zero-order valence-corrected chi connectivity index (χ0v) is 21.3. The molecule has 1 amide bonds. The van der Waals surface area contributed by atoms with Gasteiger partial charge in [0, 0.05) is 50.2 Å². The number of carbonyl (C=O) groups is 1. The van der Waals surface area contributed by atoms with E-state index in [1.807, 2.05) is 0 Å². The molecule has 2 aliphatic carbocycles. The number of hydrogen-bond donors (Lipinski definition) is 3. The van der Waals surface area contributed by atoms with Crippen LogP contribution in [0.1, 0.15) is 43.2 Å². The van der Waals surface area contributed by atoms with Gasteiger partial charge in [0.15, 0.2) is 6.23 Å². The van der Waals surface area contributed by atoms with Gasteiger partial charge in [-0.15, -0.1) is 0 Å². The van der Waals surface area contributed by atoms with Gasteiger partial charge < -0.3 is 25.2 Å². The van der Waals surface area contributed by atoms with Crippen molar-refractivity contribution in [1.29, 1.82) is 5.26 Å². The summed E-state index contributed by atoms with van der Waals surface area (Å²) in [4.78, 5) is 26.3. The molecule has 10 heteroatoms. The second-order valence-corrected chi connectivity index (χ2v) is 10.9. The molecule has 4 aliphatic rings. The molecule has 3 fully saturated rings. The SMILES string of the molecule is N#Cc1ccc(-c2cnc3c(c2)C(O)=C(C(=O)NC2CC4(CCC4)C2)C(O)N3CCN2CCOCC2)nc1. The molecule has 1 spiro atoms. The fourth-order valence-corrected chi connectivity index (χ4v) is 6.13. The third kappa shape index (κ3) is 4.51. The molecule has 38 heavy (non-hydrogen) atoms. The van der Waals surface area contributed by atoms with Crippen LogP contribution in [-0.4, -0.2) is 82.7 Å². The average Bonchev–Trinajstić information content (AvgIpc) is 2.90. The molecule has 2 aliphatic heterocycles. The second kappa shape index (κ2) is 9.98. The number of aliphatic hydroxyl groups is 2. The Hall–Kier alpha value is -3.52. The van der Waals surface area contributed by atoms with E-state index < -0.39 is 12.1 Å². The van der Waals surface area contributed by atoms with Gasteiger partial charge in [-0.2, -0.15) is 5.26 Å². The van der Waals surface area contributed by atoms with Crippen LogP contribution in [0, 0.1) is 16.7 Å². The van der Waals surface area contributed by atoms with E-state index in [0.29, 0.717) is 59.9 Å². The summed E-state index contributed by atoms with van der Waals surface area (Å²) in [6, 6.07) is 7.24. The minimum Gasteiger partial charge on any atom is -0.507 e. The molecule has 2 aromatic rings. The van der Waals surface area contributed by atoms with Crippen LogP contribution in [0.25, 0.3) is 17.0 Å². The molecule has 2 saturated carbocycles. The van der Waals surface area contributed by atoms with E-state index in [1.54, 1.807) is 29.3 Å². The van der Waals surface area contributed by atoms with Gasteiger partial charge in [-0.3, -0.25) is 14.7 Å². The molecule has 1 unspecified atom stereocenters. The van der Waals surface area contributed by atoms with Crippen molar-refractivity contribution in [2.24, 2.45) is 5.41 Å². The maximum absolute atomic E-state index is 13.4.